The summed E-state index contributed by atoms with van der Waals surface area (Å²) in [4.78, 5) is 0. The fourth-order valence-electron chi connectivity index (χ4n) is 1.30. The van der Waals surface area contributed by atoms with Gasteiger partial charge in [-0.2, -0.15) is 0 Å². The second-order valence-electron chi connectivity index (χ2n) is 3.72. The van der Waals surface area contributed by atoms with E-state index in [1.54, 1.807) is 19.1 Å². The highest BCUT2D eigenvalue weighted by Crippen LogP contribution is 2.34. The van der Waals surface area contributed by atoms with Gasteiger partial charge in [-0.25, -0.2) is 4.39 Å². The van der Waals surface area contributed by atoms with E-state index in [2.05, 4.69) is 15.9 Å². The molecule has 1 nitrogen and oxygen atoms in total. The van der Waals surface area contributed by atoms with Gasteiger partial charge in [-0.1, -0.05) is 35.0 Å². The van der Waals surface area contributed by atoms with E-state index >= 15 is 0 Å². The predicted octanol–water partition coefficient (Wildman–Crippen LogP) is 3.23. The van der Waals surface area contributed by atoms with E-state index in [1.165, 1.54) is 0 Å². The molecule has 3 heteroatoms. The van der Waals surface area contributed by atoms with Crippen LogP contribution in [0.5, 0.6) is 0 Å². The summed E-state index contributed by atoms with van der Waals surface area (Å²) in [6, 6.07) is 7.30. The number of alkyl halides is 1. The van der Waals surface area contributed by atoms with E-state index in [9.17, 15) is 4.39 Å². The Balaban J connectivity index is 3.03. The third-order valence-corrected chi connectivity index (χ3v) is 3.16. The van der Waals surface area contributed by atoms with Crippen molar-refractivity contribution in [3.8, 4) is 0 Å². The second kappa shape index (κ2) is 4.41. The molecule has 0 bridgehead atoms. The SMILES string of the molecule is CC(CN)C(C)(F)c1cccc(Br)c1. The molecule has 1 aromatic rings. The van der Waals surface area contributed by atoms with Crippen LogP contribution in [0.4, 0.5) is 4.39 Å². The molecule has 0 heterocycles. The molecule has 2 unspecified atom stereocenters. The van der Waals surface area contributed by atoms with Gasteiger partial charge in [0.2, 0.25) is 0 Å². The first-order valence-corrected chi connectivity index (χ1v) is 5.42. The zero-order valence-corrected chi connectivity index (χ0v) is 10.0. The number of nitrogens with two attached hydrogens (primary N) is 1. The molecule has 78 valence electrons. The average molecular weight is 260 g/mol. The standard InChI is InChI=1S/C11H15BrFN/c1-8(7-14)11(2,13)9-4-3-5-10(12)6-9/h3-6,8H,7,14H2,1-2H3. The van der Waals surface area contributed by atoms with Crippen LogP contribution in [-0.4, -0.2) is 6.54 Å². The number of hydrogen-bond acceptors (Lipinski definition) is 1. The van der Waals surface area contributed by atoms with Crippen molar-refractivity contribution in [2.24, 2.45) is 11.7 Å². The van der Waals surface area contributed by atoms with Crippen molar-refractivity contribution in [2.45, 2.75) is 19.5 Å². The van der Waals surface area contributed by atoms with Gasteiger partial charge in [-0.15, -0.1) is 0 Å². The molecule has 0 aromatic heterocycles. The lowest BCUT2D eigenvalue weighted by atomic mass is 9.86. The molecule has 1 rings (SSSR count). The van der Waals surface area contributed by atoms with Gasteiger partial charge in [0.05, 0.1) is 0 Å². The van der Waals surface area contributed by atoms with Crippen LogP contribution in [0.3, 0.4) is 0 Å². The number of halogens is 2. The van der Waals surface area contributed by atoms with E-state index in [0.717, 1.165) is 4.47 Å². The lowest BCUT2D eigenvalue weighted by molar-refractivity contribution is 0.117. The lowest BCUT2D eigenvalue weighted by Crippen LogP contribution is -2.30. The van der Waals surface area contributed by atoms with Gasteiger partial charge in [-0.3, -0.25) is 0 Å². The summed E-state index contributed by atoms with van der Waals surface area (Å²) in [5.74, 6) is -0.184. The van der Waals surface area contributed by atoms with E-state index < -0.39 is 5.67 Å². The Kier molecular flexibility index (Phi) is 3.67. The molecule has 0 aliphatic rings. The van der Waals surface area contributed by atoms with Crippen LogP contribution >= 0.6 is 15.9 Å². The van der Waals surface area contributed by atoms with Crippen LogP contribution in [0, 0.1) is 5.92 Å². The Morgan fingerprint density at radius 3 is 2.71 bits per heavy atom. The van der Waals surface area contributed by atoms with Crippen LogP contribution in [0.1, 0.15) is 19.4 Å². The highest BCUT2D eigenvalue weighted by molar-refractivity contribution is 9.10. The van der Waals surface area contributed by atoms with Crippen LogP contribution in [0.2, 0.25) is 0 Å². The second-order valence-corrected chi connectivity index (χ2v) is 4.64. The van der Waals surface area contributed by atoms with Crippen LogP contribution < -0.4 is 5.73 Å². The minimum atomic E-state index is -1.36. The fourth-order valence-corrected chi connectivity index (χ4v) is 1.70. The summed E-state index contributed by atoms with van der Waals surface area (Å²) in [5, 5.41) is 0. The molecular formula is C11H15BrFN. The molecule has 14 heavy (non-hydrogen) atoms. The zero-order valence-electron chi connectivity index (χ0n) is 8.43. The van der Waals surface area contributed by atoms with E-state index in [4.69, 9.17) is 5.73 Å². The summed E-state index contributed by atoms with van der Waals surface area (Å²) >= 11 is 3.33. The molecule has 0 aliphatic heterocycles. The largest absolute Gasteiger partial charge is 0.330 e. The minimum absolute atomic E-state index is 0.184. The Morgan fingerprint density at radius 2 is 2.21 bits per heavy atom. The summed E-state index contributed by atoms with van der Waals surface area (Å²) in [6.07, 6.45) is 0. The van der Waals surface area contributed by atoms with Gasteiger partial charge in [0.15, 0.2) is 0 Å². The van der Waals surface area contributed by atoms with Crippen molar-refractivity contribution in [1.29, 1.82) is 0 Å². The Labute approximate surface area is 92.6 Å². The Bertz CT molecular complexity index is 312. The Morgan fingerprint density at radius 1 is 1.57 bits per heavy atom. The van der Waals surface area contributed by atoms with Gasteiger partial charge >= 0.3 is 0 Å². The normalized spacial score (nSPS) is 17.5. The summed E-state index contributed by atoms with van der Waals surface area (Å²) in [6.45, 7) is 3.74. The van der Waals surface area contributed by atoms with Gasteiger partial charge in [0.25, 0.3) is 0 Å². The molecule has 2 atom stereocenters. The van der Waals surface area contributed by atoms with Gasteiger partial charge < -0.3 is 5.73 Å². The number of hydrogen-bond donors (Lipinski definition) is 1. The highest BCUT2D eigenvalue weighted by atomic mass is 79.9. The predicted molar refractivity (Wildman–Crippen MR) is 60.8 cm³/mol. The molecule has 1 aromatic carbocycles. The van der Waals surface area contributed by atoms with Gasteiger partial charge in [-0.05, 0) is 31.2 Å². The summed E-state index contributed by atoms with van der Waals surface area (Å²) < 4.78 is 15.2. The first-order chi connectivity index (χ1) is 6.48. The van der Waals surface area contributed by atoms with Crippen molar-refractivity contribution in [3.63, 3.8) is 0 Å². The maximum atomic E-state index is 14.3. The van der Waals surface area contributed by atoms with Crippen LogP contribution in [-0.2, 0) is 5.67 Å². The van der Waals surface area contributed by atoms with Gasteiger partial charge in [0, 0.05) is 10.4 Å². The smallest absolute Gasteiger partial charge is 0.137 e. The maximum absolute atomic E-state index is 14.3. The van der Waals surface area contributed by atoms with Crippen molar-refractivity contribution >= 4 is 15.9 Å². The molecular weight excluding hydrogens is 245 g/mol. The first-order valence-electron chi connectivity index (χ1n) is 4.63. The van der Waals surface area contributed by atoms with Crippen molar-refractivity contribution in [3.05, 3.63) is 34.3 Å². The van der Waals surface area contributed by atoms with E-state index in [0.29, 0.717) is 12.1 Å². The van der Waals surface area contributed by atoms with Crippen molar-refractivity contribution in [2.75, 3.05) is 6.54 Å². The zero-order chi connectivity index (χ0) is 10.8. The van der Waals surface area contributed by atoms with Crippen LogP contribution in [0.25, 0.3) is 0 Å². The molecule has 0 aliphatic carbocycles. The molecule has 0 saturated carbocycles. The summed E-state index contributed by atoms with van der Waals surface area (Å²) in [5.41, 5.74) is 4.79. The highest BCUT2D eigenvalue weighted by Gasteiger charge is 2.31. The number of benzene rings is 1. The monoisotopic (exact) mass is 259 g/mol. The quantitative estimate of drug-likeness (QED) is 0.887. The summed E-state index contributed by atoms with van der Waals surface area (Å²) in [7, 11) is 0. The first kappa shape index (κ1) is 11.7. The van der Waals surface area contributed by atoms with Gasteiger partial charge in [0.1, 0.15) is 5.67 Å². The number of rotatable bonds is 3. The minimum Gasteiger partial charge on any atom is -0.330 e. The molecule has 2 N–H and O–H groups in total. The third-order valence-electron chi connectivity index (χ3n) is 2.67. The fraction of sp³-hybridized carbons (Fsp3) is 0.455. The Hall–Kier alpha value is -0.410. The lowest BCUT2D eigenvalue weighted by Gasteiger charge is -2.27. The molecule has 0 amide bonds. The average Bonchev–Trinajstić information content (AvgIpc) is 2.16. The molecule has 0 spiro atoms. The molecule has 0 fully saturated rings. The van der Waals surface area contributed by atoms with Crippen molar-refractivity contribution < 1.29 is 4.39 Å². The molecule has 0 radical (unpaired) electrons. The van der Waals surface area contributed by atoms with Crippen molar-refractivity contribution in [1.82, 2.24) is 0 Å². The third kappa shape index (κ3) is 2.34. The van der Waals surface area contributed by atoms with E-state index in [1.807, 2.05) is 19.1 Å². The maximum Gasteiger partial charge on any atom is 0.137 e. The topological polar surface area (TPSA) is 26.0 Å². The van der Waals surface area contributed by atoms with Crippen LogP contribution in [0.15, 0.2) is 28.7 Å². The molecule has 0 saturated heterocycles. The van der Waals surface area contributed by atoms with E-state index in [-0.39, 0.29) is 5.92 Å².